The van der Waals surface area contributed by atoms with Crippen molar-refractivity contribution in [1.82, 2.24) is 14.8 Å². The summed E-state index contributed by atoms with van der Waals surface area (Å²) in [6.45, 7) is 0. The zero-order valence-corrected chi connectivity index (χ0v) is 11.2. The molecule has 2 aromatic rings. The number of rotatable bonds is 3. The average molecular weight is 287 g/mol. The minimum Gasteiger partial charge on any atom is -0.497 e. The topological polar surface area (TPSA) is 98.1 Å². The Bertz CT molecular complexity index is 679. The van der Waals surface area contributed by atoms with E-state index in [0.29, 0.717) is 11.4 Å². The molecular weight excluding hydrogens is 274 g/mol. The summed E-state index contributed by atoms with van der Waals surface area (Å²) in [7, 11) is 1.57. The molecule has 0 saturated heterocycles. The lowest BCUT2D eigenvalue weighted by Crippen LogP contribution is -2.35. The Kier molecular flexibility index (Phi) is 3.27. The normalized spacial score (nSPS) is 16.8. The Morgan fingerprint density at radius 3 is 2.90 bits per heavy atom. The summed E-state index contributed by atoms with van der Waals surface area (Å²) in [6.07, 6.45) is 1.47. The van der Waals surface area contributed by atoms with Crippen molar-refractivity contribution in [2.24, 2.45) is 0 Å². The lowest BCUT2D eigenvalue weighted by molar-refractivity contribution is -0.125. The molecule has 108 valence electrons. The lowest BCUT2D eigenvalue weighted by Gasteiger charge is -2.23. The van der Waals surface area contributed by atoms with Crippen LogP contribution in [0, 0.1) is 0 Å². The van der Waals surface area contributed by atoms with Gasteiger partial charge in [-0.05, 0) is 24.3 Å². The summed E-state index contributed by atoms with van der Waals surface area (Å²) in [5.74, 6) is 0.425. The van der Waals surface area contributed by atoms with Gasteiger partial charge in [0.05, 0.1) is 13.5 Å². The van der Waals surface area contributed by atoms with Crippen molar-refractivity contribution in [2.75, 3.05) is 17.7 Å². The molecule has 8 nitrogen and oxygen atoms in total. The minimum absolute atomic E-state index is 0.0486. The monoisotopic (exact) mass is 287 g/mol. The number of carbonyl (C=O) groups excluding carboxylic acids is 2. The number of nitrogens with zero attached hydrogens (tertiary/aromatic N) is 3. The van der Waals surface area contributed by atoms with E-state index in [4.69, 9.17) is 4.74 Å². The van der Waals surface area contributed by atoms with Crippen LogP contribution < -0.4 is 15.4 Å². The van der Waals surface area contributed by atoms with Gasteiger partial charge in [-0.25, -0.2) is 0 Å². The molecule has 21 heavy (non-hydrogen) atoms. The molecule has 1 atom stereocenters. The molecule has 1 aromatic carbocycles. The van der Waals surface area contributed by atoms with Crippen molar-refractivity contribution in [3.8, 4) is 5.75 Å². The molecule has 3 rings (SSSR count). The van der Waals surface area contributed by atoms with E-state index in [1.54, 1.807) is 35.9 Å². The van der Waals surface area contributed by atoms with Crippen LogP contribution in [-0.2, 0) is 9.59 Å². The molecule has 1 aliphatic heterocycles. The van der Waals surface area contributed by atoms with Gasteiger partial charge in [-0.3, -0.25) is 19.5 Å². The van der Waals surface area contributed by atoms with E-state index in [1.807, 2.05) is 0 Å². The summed E-state index contributed by atoms with van der Waals surface area (Å²) in [5, 5.41) is 12.8. The first-order valence-corrected chi connectivity index (χ1v) is 6.31. The molecule has 2 N–H and O–H groups in total. The van der Waals surface area contributed by atoms with E-state index >= 15 is 0 Å². The SMILES string of the molecule is COc1ccc(NC(=O)[C@H]2CC(=O)Nc3nncn32)cc1. The quantitative estimate of drug-likeness (QED) is 0.870. The van der Waals surface area contributed by atoms with Crippen molar-refractivity contribution in [3.63, 3.8) is 0 Å². The number of methoxy groups -OCH3 is 1. The molecule has 1 aromatic heterocycles. The van der Waals surface area contributed by atoms with E-state index in [-0.39, 0.29) is 24.2 Å². The Morgan fingerprint density at radius 1 is 1.43 bits per heavy atom. The maximum atomic E-state index is 12.3. The van der Waals surface area contributed by atoms with Crippen LogP contribution in [0.4, 0.5) is 11.6 Å². The third-order valence-corrected chi connectivity index (χ3v) is 3.20. The molecule has 2 heterocycles. The molecule has 0 radical (unpaired) electrons. The Hall–Kier alpha value is -2.90. The molecule has 0 saturated carbocycles. The van der Waals surface area contributed by atoms with Crippen LogP contribution in [0.2, 0.25) is 0 Å². The molecular formula is C13H13N5O3. The highest BCUT2D eigenvalue weighted by Gasteiger charge is 2.31. The summed E-state index contributed by atoms with van der Waals surface area (Å²) in [4.78, 5) is 23.9. The number of carbonyl (C=O) groups is 2. The van der Waals surface area contributed by atoms with E-state index < -0.39 is 6.04 Å². The fraction of sp³-hybridized carbons (Fsp3) is 0.231. The van der Waals surface area contributed by atoms with Crippen LogP contribution in [0.25, 0.3) is 0 Å². The highest BCUT2D eigenvalue weighted by atomic mass is 16.5. The van der Waals surface area contributed by atoms with Gasteiger partial charge in [-0.1, -0.05) is 0 Å². The number of aromatic nitrogens is 3. The predicted molar refractivity (Wildman–Crippen MR) is 73.9 cm³/mol. The second-order valence-electron chi connectivity index (χ2n) is 4.55. The van der Waals surface area contributed by atoms with Crippen LogP contribution >= 0.6 is 0 Å². The zero-order chi connectivity index (χ0) is 14.8. The van der Waals surface area contributed by atoms with Crippen molar-refractivity contribution in [2.45, 2.75) is 12.5 Å². The number of ether oxygens (including phenoxy) is 1. The van der Waals surface area contributed by atoms with Gasteiger partial charge in [0.1, 0.15) is 18.1 Å². The first-order valence-electron chi connectivity index (χ1n) is 6.31. The van der Waals surface area contributed by atoms with E-state index in [1.165, 1.54) is 6.33 Å². The summed E-state index contributed by atoms with van der Waals surface area (Å²) >= 11 is 0. The molecule has 0 fully saturated rings. The highest BCUT2D eigenvalue weighted by molar-refractivity contribution is 6.00. The zero-order valence-electron chi connectivity index (χ0n) is 11.2. The third-order valence-electron chi connectivity index (χ3n) is 3.20. The fourth-order valence-corrected chi connectivity index (χ4v) is 2.13. The van der Waals surface area contributed by atoms with Gasteiger partial charge in [0.25, 0.3) is 0 Å². The van der Waals surface area contributed by atoms with Crippen molar-refractivity contribution in [3.05, 3.63) is 30.6 Å². The minimum atomic E-state index is -0.661. The Balaban J connectivity index is 1.78. The van der Waals surface area contributed by atoms with E-state index in [9.17, 15) is 9.59 Å². The van der Waals surface area contributed by atoms with Gasteiger partial charge >= 0.3 is 0 Å². The van der Waals surface area contributed by atoms with Gasteiger partial charge < -0.3 is 10.1 Å². The van der Waals surface area contributed by atoms with Gasteiger partial charge in [-0.2, -0.15) is 0 Å². The van der Waals surface area contributed by atoms with Crippen molar-refractivity contribution < 1.29 is 14.3 Å². The highest BCUT2D eigenvalue weighted by Crippen LogP contribution is 2.24. The molecule has 0 aliphatic carbocycles. The fourth-order valence-electron chi connectivity index (χ4n) is 2.13. The van der Waals surface area contributed by atoms with Crippen LogP contribution in [0.1, 0.15) is 12.5 Å². The van der Waals surface area contributed by atoms with E-state index in [0.717, 1.165) is 0 Å². The largest absolute Gasteiger partial charge is 0.497 e. The molecule has 0 unspecified atom stereocenters. The number of hydrogen-bond donors (Lipinski definition) is 2. The third kappa shape index (κ3) is 2.55. The maximum Gasteiger partial charge on any atom is 0.248 e. The Labute approximate surface area is 120 Å². The number of fused-ring (bicyclic) bond motifs is 1. The maximum absolute atomic E-state index is 12.3. The predicted octanol–water partition coefficient (Wildman–Crippen LogP) is 0.809. The second kappa shape index (κ2) is 5.23. The van der Waals surface area contributed by atoms with Gasteiger partial charge in [-0.15, -0.1) is 10.2 Å². The number of amides is 2. The Morgan fingerprint density at radius 2 is 2.19 bits per heavy atom. The summed E-state index contributed by atoms with van der Waals surface area (Å²) < 4.78 is 6.60. The first kappa shape index (κ1) is 13.1. The van der Waals surface area contributed by atoms with Gasteiger partial charge in [0, 0.05) is 5.69 Å². The standard InChI is InChI=1S/C13H13N5O3/c1-21-9-4-2-8(3-5-9)15-12(20)10-6-11(19)16-13-17-14-7-18(10)13/h2-5,7,10H,6H2,1H3,(H,15,20)(H,16,17,19)/t10-/m1/s1. The van der Waals surface area contributed by atoms with Gasteiger partial charge in [0.15, 0.2) is 0 Å². The van der Waals surface area contributed by atoms with E-state index in [2.05, 4.69) is 20.8 Å². The number of nitrogens with one attached hydrogen (secondary N) is 2. The molecule has 8 heteroatoms. The van der Waals surface area contributed by atoms with Crippen LogP contribution in [-0.4, -0.2) is 33.7 Å². The smallest absolute Gasteiger partial charge is 0.248 e. The molecule has 1 aliphatic rings. The molecule has 0 bridgehead atoms. The number of hydrogen-bond acceptors (Lipinski definition) is 5. The van der Waals surface area contributed by atoms with Gasteiger partial charge in [0.2, 0.25) is 17.8 Å². The van der Waals surface area contributed by atoms with Crippen molar-refractivity contribution in [1.29, 1.82) is 0 Å². The first-order chi connectivity index (χ1) is 10.2. The number of anilines is 2. The summed E-state index contributed by atoms with van der Waals surface area (Å²) in [6, 6.07) is 6.28. The number of benzene rings is 1. The molecule has 0 spiro atoms. The summed E-state index contributed by atoms with van der Waals surface area (Å²) in [5.41, 5.74) is 0.626. The van der Waals surface area contributed by atoms with Crippen LogP contribution in [0.5, 0.6) is 5.75 Å². The molecule has 2 amide bonds. The lowest BCUT2D eigenvalue weighted by atomic mass is 10.1. The van der Waals surface area contributed by atoms with Crippen molar-refractivity contribution >= 4 is 23.5 Å². The average Bonchev–Trinajstić information content (AvgIpc) is 2.95. The van der Waals surface area contributed by atoms with Crippen LogP contribution in [0.15, 0.2) is 30.6 Å². The van der Waals surface area contributed by atoms with Crippen LogP contribution in [0.3, 0.4) is 0 Å². The second-order valence-corrected chi connectivity index (χ2v) is 4.55.